The highest BCUT2D eigenvalue weighted by Crippen LogP contribution is 2.37. The molecule has 0 saturated heterocycles. The molecular formula is C24H25N5O3. The predicted octanol–water partition coefficient (Wildman–Crippen LogP) is 3.39. The minimum Gasteiger partial charge on any atom is -0.490 e. The molecule has 4 rings (SSSR count). The molecular weight excluding hydrogens is 406 g/mol. The van der Waals surface area contributed by atoms with Crippen LogP contribution < -0.4 is 15.4 Å². The largest absolute Gasteiger partial charge is 0.490 e. The molecule has 0 unspecified atom stereocenters. The van der Waals surface area contributed by atoms with Gasteiger partial charge in [0.15, 0.2) is 0 Å². The third kappa shape index (κ3) is 4.34. The van der Waals surface area contributed by atoms with Crippen LogP contribution in [0, 0.1) is 11.3 Å². The Morgan fingerprint density at radius 2 is 2.19 bits per heavy atom. The Morgan fingerprint density at radius 1 is 1.34 bits per heavy atom. The van der Waals surface area contributed by atoms with Gasteiger partial charge in [-0.25, -0.2) is 0 Å². The Hall–Kier alpha value is -3.70. The van der Waals surface area contributed by atoms with Crippen LogP contribution in [0.3, 0.4) is 0 Å². The van der Waals surface area contributed by atoms with E-state index in [0.717, 1.165) is 29.5 Å². The number of amides is 1. The lowest BCUT2D eigenvalue weighted by Gasteiger charge is -2.13. The lowest BCUT2D eigenvalue weighted by molar-refractivity contribution is -0.119. The normalized spacial score (nSPS) is 14.8. The van der Waals surface area contributed by atoms with Gasteiger partial charge in [0.1, 0.15) is 11.8 Å². The number of ether oxygens (including phenoxy) is 1. The summed E-state index contributed by atoms with van der Waals surface area (Å²) in [7, 11) is 1.63. The second-order valence-corrected chi connectivity index (χ2v) is 7.93. The maximum atomic E-state index is 11.6. The summed E-state index contributed by atoms with van der Waals surface area (Å²) < 4.78 is 11.2. The fourth-order valence-corrected chi connectivity index (χ4v) is 3.94. The maximum absolute atomic E-state index is 11.6. The van der Waals surface area contributed by atoms with Crippen LogP contribution in [0.5, 0.6) is 5.75 Å². The Labute approximate surface area is 186 Å². The number of carbonyl (C=O) groups is 1. The molecule has 1 heterocycles. The zero-order chi connectivity index (χ0) is 22.7. The predicted molar refractivity (Wildman–Crippen MR) is 119 cm³/mol. The minimum atomic E-state index is -0.0426. The zero-order valence-corrected chi connectivity index (χ0v) is 18.3. The molecule has 1 aromatic heterocycles. The number of nitrogens with one attached hydrogen (secondary N) is 2. The van der Waals surface area contributed by atoms with E-state index in [1.165, 1.54) is 0 Å². The van der Waals surface area contributed by atoms with Gasteiger partial charge in [-0.15, -0.1) is 0 Å². The molecule has 0 spiro atoms. The first-order valence-electron chi connectivity index (χ1n) is 10.6. The summed E-state index contributed by atoms with van der Waals surface area (Å²) in [6.45, 7) is 4.10. The number of rotatable bonds is 7. The van der Waals surface area contributed by atoms with Crippen molar-refractivity contribution in [3.63, 3.8) is 0 Å². The summed E-state index contributed by atoms with van der Waals surface area (Å²) in [5, 5.41) is 19.6. The monoisotopic (exact) mass is 431 g/mol. The molecule has 164 valence electrons. The van der Waals surface area contributed by atoms with Gasteiger partial charge in [-0.3, -0.25) is 4.79 Å². The van der Waals surface area contributed by atoms with Crippen LogP contribution in [0.4, 0.5) is 0 Å². The molecule has 0 saturated carbocycles. The van der Waals surface area contributed by atoms with Crippen LogP contribution in [0.15, 0.2) is 40.9 Å². The van der Waals surface area contributed by atoms with E-state index in [-0.39, 0.29) is 24.6 Å². The fourth-order valence-electron chi connectivity index (χ4n) is 3.94. The first-order valence-corrected chi connectivity index (χ1v) is 10.6. The molecule has 1 aliphatic carbocycles. The molecule has 3 aromatic rings. The van der Waals surface area contributed by atoms with Crippen LogP contribution in [0.2, 0.25) is 0 Å². The lowest BCUT2D eigenvalue weighted by Crippen LogP contribution is -2.33. The van der Waals surface area contributed by atoms with Crippen molar-refractivity contribution in [2.24, 2.45) is 0 Å². The molecule has 1 aliphatic rings. The fraction of sp³-hybridized carbons (Fsp3) is 0.333. The number of likely N-dealkylation sites (N-methyl/N-ethyl adjacent to an activating group) is 1. The van der Waals surface area contributed by atoms with Crippen LogP contribution in [-0.4, -0.2) is 35.7 Å². The zero-order valence-electron chi connectivity index (χ0n) is 18.3. The van der Waals surface area contributed by atoms with Gasteiger partial charge in [0.2, 0.25) is 11.7 Å². The summed E-state index contributed by atoms with van der Waals surface area (Å²) in [6, 6.07) is 13.6. The minimum absolute atomic E-state index is 0.0298. The average molecular weight is 431 g/mol. The number of carbonyl (C=O) groups excluding carboxylic acids is 1. The van der Waals surface area contributed by atoms with E-state index in [1.807, 2.05) is 32.0 Å². The Balaban J connectivity index is 1.60. The Bertz CT molecular complexity index is 1180. The van der Waals surface area contributed by atoms with Crippen molar-refractivity contribution in [3.05, 3.63) is 53.1 Å². The van der Waals surface area contributed by atoms with Gasteiger partial charge in [0.25, 0.3) is 5.89 Å². The highest BCUT2D eigenvalue weighted by atomic mass is 16.5. The number of aromatic nitrogens is 2. The van der Waals surface area contributed by atoms with Crippen LogP contribution >= 0.6 is 0 Å². The van der Waals surface area contributed by atoms with Crippen LogP contribution in [-0.2, 0) is 11.2 Å². The van der Waals surface area contributed by atoms with Crippen LogP contribution in [0.25, 0.3) is 22.8 Å². The maximum Gasteiger partial charge on any atom is 0.258 e. The molecule has 1 atom stereocenters. The third-order valence-corrected chi connectivity index (χ3v) is 5.44. The Morgan fingerprint density at radius 3 is 2.94 bits per heavy atom. The summed E-state index contributed by atoms with van der Waals surface area (Å²) in [5.41, 5.74) is 4.31. The van der Waals surface area contributed by atoms with Crippen molar-refractivity contribution in [3.8, 4) is 34.7 Å². The number of hydrogen-bond acceptors (Lipinski definition) is 7. The summed E-state index contributed by atoms with van der Waals surface area (Å²) in [5.74, 6) is 1.34. The van der Waals surface area contributed by atoms with E-state index in [4.69, 9.17) is 9.26 Å². The molecule has 8 nitrogen and oxygen atoms in total. The second-order valence-electron chi connectivity index (χ2n) is 7.93. The number of hydrogen-bond donors (Lipinski definition) is 2. The highest BCUT2D eigenvalue weighted by Gasteiger charge is 2.26. The van der Waals surface area contributed by atoms with Gasteiger partial charge < -0.3 is 19.9 Å². The van der Waals surface area contributed by atoms with Crippen molar-refractivity contribution >= 4 is 5.91 Å². The standard InChI is InChI=1S/C24H25N5O3/c1-14(2)31-21-10-7-15(11-16(21)12-25)24-28-23(29-32-24)19-6-4-5-18-17(19)8-9-20(18)27-13-22(30)26-3/h4-7,10-11,14,20,27H,8-9,13H2,1-3H3,(H,26,30)/t20-/m0/s1. The molecule has 32 heavy (non-hydrogen) atoms. The summed E-state index contributed by atoms with van der Waals surface area (Å²) in [6.07, 6.45) is 1.73. The summed E-state index contributed by atoms with van der Waals surface area (Å²) >= 11 is 0. The molecule has 0 bridgehead atoms. The first-order chi connectivity index (χ1) is 15.5. The highest BCUT2D eigenvalue weighted by molar-refractivity contribution is 5.77. The number of fused-ring (bicyclic) bond motifs is 1. The molecule has 0 radical (unpaired) electrons. The van der Waals surface area contributed by atoms with E-state index in [2.05, 4.69) is 32.9 Å². The van der Waals surface area contributed by atoms with Crippen molar-refractivity contribution in [1.82, 2.24) is 20.8 Å². The van der Waals surface area contributed by atoms with E-state index in [0.29, 0.717) is 28.6 Å². The second kappa shape index (κ2) is 9.20. The van der Waals surface area contributed by atoms with Gasteiger partial charge in [-0.2, -0.15) is 10.2 Å². The van der Waals surface area contributed by atoms with E-state index < -0.39 is 0 Å². The van der Waals surface area contributed by atoms with Crippen LogP contribution in [0.1, 0.15) is 43.0 Å². The van der Waals surface area contributed by atoms with Crippen molar-refractivity contribution in [2.45, 2.75) is 38.8 Å². The molecule has 1 amide bonds. The van der Waals surface area contributed by atoms with Crippen molar-refractivity contribution in [1.29, 1.82) is 5.26 Å². The topological polar surface area (TPSA) is 113 Å². The molecule has 2 N–H and O–H groups in total. The number of nitriles is 1. The van der Waals surface area contributed by atoms with Gasteiger partial charge in [0.05, 0.1) is 18.2 Å². The van der Waals surface area contributed by atoms with Gasteiger partial charge in [-0.05, 0) is 56.0 Å². The molecule has 2 aromatic carbocycles. The smallest absolute Gasteiger partial charge is 0.258 e. The SMILES string of the molecule is CNC(=O)CN[C@H]1CCc2c(-c3noc(-c4ccc(OC(C)C)c(C#N)c4)n3)cccc21. The van der Waals surface area contributed by atoms with Gasteiger partial charge in [-0.1, -0.05) is 23.4 Å². The number of nitrogens with zero attached hydrogens (tertiary/aromatic N) is 3. The molecule has 0 fully saturated rings. The average Bonchev–Trinajstić information content (AvgIpc) is 3.44. The van der Waals surface area contributed by atoms with E-state index in [9.17, 15) is 10.1 Å². The quantitative estimate of drug-likeness (QED) is 0.589. The summed E-state index contributed by atoms with van der Waals surface area (Å²) in [4.78, 5) is 16.2. The third-order valence-electron chi connectivity index (χ3n) is 5.44. The number of benzene rings is 2. The Kier molecular flexibility index (Phi) is 6.19. The van der Waals surface area contributed by atoms with E-state index >= 15 is 0 Å². The van der Waals surface area contributed by atoms with Crippen molar-refractivity contribution in [2.75, 3.05) is 13.6 Å². The van der Waals surface area contributed by atoms with Crippen molar-refractivity contribution < 1.29 is 14.1 Å². The first kappa shape index (κ1) is 21.5. The van der Waals surface area contributed by atoms with Gasteiger partial charge in [0, 0.05) is 24.2 Å². The lowest BCUT2D eigenvalue weighted by atomic mass is 10.0. The molecule has 0 aliphatic heterocycles. The van der Waals surface area contributed by atoms with Gasteiger partial charge >= 0.3 is 0 Å². The van der Waals surface area contributed by atoms with E-state index in [1.54, 1.807) is 19.2 Å². The molecule has 8 heteroatoms.